The highest BCUT2D eigenvalue weighted by atomic mass is 16.2. The first-order valence-corrected chi connectivity index (χ1v) is 8.09. The van der Waals surface area contributed by atoms with Crippen LogP contribution < -0.4 is 0 Å². The first kappa shape index (κ1) is 16.0. The molecular formula is C16H28N4O. The fraction of sp³-hybridized carbons (Fsp3) is 0.750. The number of piperidine rings is 1. The van der Waals surface area contributed by atoms with Crippen molar-refractivity contribution >= 4 is 5.91 Å². The summed E-state index contributed by atoms with van der Waals surface area (Å²) in [5.74, 6) is 1.61. The number of carbonyl (C=O) groups excluding carboxylic acids is 1. The van der Waals surface area contributed by atoms with Gasteiger partial charge in [-0.25, -0.2) is 4.98 Å². The molecule has 2 heterocycles. The Morgan fingerprint density at radius 2 is 2.19 bits per heavy atom. The van der Waals surface area contributed by atoms with E-state index in [1.54, 1.807) is 6.20 Å². The van der Waals surface area contributed by atoms with E-state index in [2.05, 4.69) is 28.8 Å². The highest BCUT2D eigenvalue weighted by Crippen LogP contribution is 2.19. The van der Waals surface area contributed by atoms with Crippen LogP contribution in [0, 0.1) is 12.8 Å². The number of likely N-dealkylation sites (tertiary alicyclic amines) is 1. The molecule has 0 atom stereocenters. The van der Waals surface area contributed by atoms with Gasteiger partial charge in [-0.05, 0) is 45.7 Å². The molecule has 5 heteroatoms. The second-order valence-electron chi connectivity index (χ2n) is 6.23. The number of aryl methyl sites for hydroxylation is 1. The number of unbranched alkanes of at least 4 members (excludes halogenated alkanes) is 1. The van der Waals surface area contributed by atoms with Crippen LogP contribution in [0.1, 0.15) is 48.9 Å². The van der Waals surface area contributed by atoms with Crippen molar-refractivity contribution in [2.24, 2.45) is 5.92 Å². The molecule has 1 aromatic rings. The largest absolute Gasteiger partial charge is 0.338 e. The number of hydrogen-bond acceptors (Lipinski definition) is 3. The van der Waals surface area contributed by atoms with Crippen LogP contribution >= 0.6 is 0 Å². The number of aromatic amines is 1. The van der Waals surface area contributed by atoms with Crippen molar-refractivity contribution in [1.29, 1.82) is 0 Å². The Balaban J connectivity index is 1.76. The Bertz CT molecular complexity index is 449. The van der Waals surface area contributed by atoms with Crippen molar-refractivity contribution in [3.05, 3.63) is 17.7 Å². The summed E-state index contributed by atoms with van der Waals surface area (Å²) in [6.45, 7) is 8.17. The number of carbonyl (C=O) groups is 1. The number of nitrogens with zero attached hydrogens (tertiary/aromatic N) is 3. The van der Waals surface area contributed by atoms with Gasteiger partial charge in [-0.1, -0.05) is 13.3 Å². The zero-order valence-corrected chi connectivity index (χ0v) is 13.6. The number of nitrogens with one attached hydrogen (secondary N) is 1. The molecule has 5 nitrogen and oxygen atoms in total. The maximum absolute atomic E-state index is 12.3. The van der Waals surface area contributed by atoms with Crippen LogP contribution in [0.2, 0.25) is 0 Å². The lowest BCUT2D eigenvalue weighted by Crippen LogP contribution is -2.41. The van der Waals surface area contributed by atoms with Crippen molar-refractivity contribution in [3.63, 3.8) is 0 Å². The normalized spacial score (nSPS) is 16.7. The molecule has 0 spiro atoms. The number of H-pyrrole nitrogens is 1. The molecule has 0 radical (unpaired) electrons. The fourth-order valence-corrected chi connectivity index (χ4v) is 2.98. The van der Waals surface area contributed by atoms with Gasteiger partial charge in [0, 0.05) is 19.6 Å². The highest BCUT2D eigenvalue weighted by molar-refractivity contribution is 5.92. The number of aromatic nitrogens is 2. The van der Waals surface area contributed by atoms with Gasteiger partial charge < -0.3 is 14.8 Å². The summed E-state index contributed by atoms with van der Waals surface area (Å²) in [7, 11) is 2.21. The fourth-order valence-electron chi connectivity index (χ4n) is 2.98. The monoisotopic (exact) mass is 292 g/mol. The van der Waals surface area contributed by atoms with Gasteiger partial charge in [-0.2, -0.15) is 0 Å². The molecule has 0 aliphatic carbocycles. The minimum atomic E-state index is 0.0911. The van der Waals surface area contributed by atoms with E-state index in [1.165, 1.54) is 19.4 Å². The van der Waals surface area contributed by atoms with Crippen LogP contribution in [0.4, 0.5) is 0 Å². The van der Waals surface area contributed by atoms with Gasteiger partial charge in [0.1, 0.15) is 11.5 Å². The third-order valence-electron chi connectivity index (χ3n) is 4.30. The summed E-state index contributed by atoms with van der Waals surface area (Å²) < 4.78 is 0. The second kappa shape index (κ2) is 7.59. The lowest BCUT2D eigenvalue weighted by Gasteiger charge is -2.33. The van der Waals surface area contributed by atoms with Gasteiger partial charge in [-0.3, -0.25) is 4.79 Å². The number of amides is 1. The van der Waals surface area contributed by atoms with Crippen LogP contribution in [0.25, 0.3) is 0 Å². The third-order valence-corrected chi connectivity index (χ3v) is 4.30. The van der Waals surface area contributed by atoms with Gasteiger partial charge in [0.05, 0.1) is 6.20 Å². The molecule has 1 aromatic heterocycles. The van der Waals surface area contributed by atoms with E-state index in [9.17, 15) is 4.79 Å². The van der Waals surface area contributed by atoms with Crippen LogP contribution in [0.3, 0.4) is 0 Å². The predicted molar refractivity (Wildman–Crippen MR) is 84.4 cm³/mol. The van der Waals surface area contributed by atoms with Crippen molar-refractivity contribution in [1.82, 2.24) is 19.8 Å². The van der Waals surface area contributed by atoms with E-state index >= 15 is 0 Å². The highest BCUT2D eigenvalue weighted by Gasteiger charge is 2.25. The first-order valence-electron chi connectivity index (χ1n) is 8.09. The maximum atomic E-state index is 12.3. The van der Waals surface area contributed by atoms with Gasteiger partial charge in [0.15, 0.2) is 0 Å². The summed E-state index contributed by atoms with van der Waals surface area (Å²) >= 11 is 0. The molecule has 0 bridgehead atoms. The number of imidazole rings is 1. The summed E-state index contributed by atoms with van der Waals surface area (Å²) in [5, 5.41) is 0. The zero-order chi connectivity index (χ0) is 15.2. The summed E-state index contributed by atoms with van der Waals surface area (Å²) in [6, 6.07) is 0. The molecule has 1 amide bonds. The summed E-state index contributed by atoms with van der Waals surface area (Å²) in [4.78, 5) is 23.9. The molecule has 118 valence electrons. The van der Waals surface area contributed by atoms with E-state index < -0.39 is 0 Å². The SMILES string of the molecule is CCCCN(C)CC1CCN(C(=O)c2cnc(C)[nH]2)CC1. The van der Waals surface area contributed by atoms with Crippen molar-refractivity contribution < 1.29 is 4.79 Å². The molecule has 0 aromatic carbocycles. The topological polar surface area (TPSA) is 52.2 Å². The Morgan fingerprint density at radius 1 is 1.48 bits per heavy atom. The van der Waals surface area contributed by atoms with E-state index in [-0.39, 0.29) is 5.91 Å². The standard InChI is InChI=1S/C16H28N4O/c1-4-5-8-19(3)12-14-6-9-20(10-7-14)16(21)15-11-17-13(2)18-15/h11,14H,4-10,12H2,1-3H3,(H,17,18). The minimum Gasteiger partial charge on any atom is -0.338 e. The van der Waals surface area contributed by atoms with Crippen LogP contribution in [0.15, 0.2) is 6.20 Å². The molecule has 2 rings (SSSR count). The maximum Gasteiger partial charge on any atom is 0.271 e. The van der Waals surface area contributed by atoms with E-state index in [0.717, 1.165) is 44.2 Å². The third kappa shape index (κ3) is 4.56. The summed E-state index contributed by atoms with van der Waals surface area (Å²) in [5.41, 5.74) is 0.617. The number of rotatable bonds is 6. The quantitative estimate of drug-likeness (QED) is 0.875. The van der Waals surface area contributed by atoms with E-state index in [0.29, 0.717) is 5.69 Å². The zero-order valence-electron chi connectivity index (χ0n) is 13.6. The predicted octanol–water partition coefficient (Wildman–Crippen LogP) is 2.30. The molecular weight excluding hydrogens is 264 g/mol. The number of hydrogen-bond donors (Lipinski definition) is 1. The molecule has 1 N–H and O–H groups in total. The lowest BCUT2D eigenvalue weighted by atomic mass is 9.96. The Labute approximate surface area is 127 Å². The van der Waals surface area contributed by atoms with Crippen LogP contribution in [-0.2, 0) is 0 Å². The summed E-state index contributed by atoms with van der Waals surface area (Å²) in [6.07, 6.45) is 6.38. The van der Waals surface area contributed by atoms with Gasteiger partial charge in [0.25, 0.3) is 5.91 Å². The molecule has 0 saturated carbocycles. The van der Waals surface area contributed by atoms with E-state index in [4.69, 9.17) is 0 Å². The van der Waals surface area contributed by atoms with Crippen LogP contribution in [0.5, 0.6) is 0 Å². The molecule has 0 unspecified atom stereocenters. The Hall–Kier alpha value is -1.36. The smallest absolute Gasteiger partial charge is 0.271 e. The minimum absolute atomic E-state index is 0.0911. The van der Waals surface area contributed by atoms with Crippen molar-refractivity contribution in [3.8, 4) is 0 Å². The Morgan fingerprint density at radius 3 is 2.76 bits per heavy atom. The average Bonchev–Trinajstić information content (AvgIpc) is 2.92. The van der Waals surface area contributed by atoms with Gasteiger partial charge >= 0.3 is 0 Å². The molecule has 1 aliphatic heterocycles. The van der Waals surface area contributed by atoms with Crippen molar-refractivity contribution in [2.75, 3.05) is 33.2 Å². The van der Waals surface area contributed by atoms with Gasteiger partial charge in [0.2, 0.25) is 0 Å². The van der Waals surface area contributed by atoms with Crippen molar-refractivity contribution in [2.45, 2.75) is 39.5 Å². The average molecular weight is 292 g/mol. The molecule has 1 fully saturated rings. The molecule has 1 aliphatic rings. The molecule has 21 heavy (non-hydrogen) atoms. The van der Waals surface area contributed by atoms with E-state index in [1.807, 2.05) is 11.8 Å². The second-order valence-corrected chi connectivity index (χ2v) is 6.23. The molecule has 1 saturated heterocycles. The lowest BCUT2D eigenvalue weighted by molar-refractivity contribution is 0.0668. The first-order chi connectivity index (χ1) is 10.1. The van der Waals surface area contributed by atoms with Gasteiger partial charge in [-0.15, -0.1) is 0 Å². The Kier molecular flexibility index (Phi) is 5.79. The van der Waals surface area contributed by atoms with Crippen LogP contribution in [-0.4, -0.2) is 58.9 Å².